The maximum Gasteiger partial charge on any atom is 0.257 e. The van der Waals surface area contributed by atoms with Gasteiger partial charge in [-0.1, -0.05) is 36.0 Å². The highest BCUT2D eigenvalue weighted by Gasteiger charge is 2.51. The van der Waals surface area contributed by atoms with Gasteiger partial charge in [0.1, 0.15) is 5.54 Å². The number of rotatable bonds is 3. The van der Waals surface area contributed by atoms with Crippen LogP contribution in [0, 0.1) is 5.92 Å². The number of fused-ring (bicyclic) bond motifs is 1. The van der Waals surface area contributed by atoms with Crippen molar-refractivity contribution < 1.29 is 4.79 Å². The number of hydrogen-bond donors (Lipinski definition) is 1. The summed E-state index contributed by atoms with van der Waals surface area (Å²) in [5.74, 6) is 1.81. The van der Waals surface area contributed by atoms with E-state index in [0.717, 1.165) is 18.2 Å². The van der Waals surface area contributed by atoms with E-state index in [1.54, 1.807) is 35.5 Å². The molecule has 1 fully saturated rings. The monoisotopic (exact) mass is 421 g/mol. The van der Waals surface area contributed by atoms with Gasteiger partial charge < -0.3 is 10.2 Å². The number of nitrogens with one attached hydrogen (secondary N) is 1. The predicted molar refractivity (Wildman–Crippen MR) is 118 cm³/mol. The highest BCUT2D eigenvalue weighted by atomic mass is 32.2. The van der Waals surface area contributed by atoms with Gasteiger partial charge in [0, 0.05) is 41.0 Å². The van der Waals surface area contributed by atoms with Crippen molar-refractivity contribution in [1.29, 1.82) is 0 Å². The van der Waals surface area contributed by atoms with Crippen molar-refractivity contribution >= 4 is 40.1 Å². The van der Waals surface area contributed by atoms with E-state index in [0.29, 0.717) is 23.2 Å². The smallest absolute Gasteiger partial charge is 0.257 e. The lowest BCUT2D eigenvalue weighted by atomic mass is 9.87. The van der Waals surface area contributed by atoms with Crippen LogP contribution in [0.2, 0.25) is 0 Å². The van der Waals surface area contributed by atoms with Gasteiger partial charge in [-0.3, -0.25) is 4.79 Å². The first-order valence-corrected chi connectivity index (χ1v) is 11.3. The van der Waals surface area contributed by atoms with Gasteiger partial charge in [0.05, 0.1) is 6.54 Å². The minimum atomic E-state index is -0.391. The largest absolute Gasteiger partial charge is 0.338 e. The number of amides is 1. The van der Waals surface area contributed by atoms with Crippen molar-refractivity contribution in [2.24, 2.45) is 10.9 Å². The van der Waals surface area contributed by atoms with E-state index >= 15 is 0 Å². The summed E-state index contributed by atoms with van der Waals surface area (Å²) in [5, 5.41) is 5.78. The molecule has 0 aliphatic carbocycles. The number of amidine groups is 1. The van der Waals surface area contributed by atoms with Gasteiger partial charge in [-0.25, -0.2) is 15.0 Å². The van der Waals surface area contributed by atoms with Crippen molar-refractivity contribution in [3.8, 4) is 0 Å². The van der Waals surface area contributed by atoms with Crippen LogP contribution in [0.5, 0.6) is 0 Å². The van der Waals surface area contributed by atoms with Crippen LogP contribution in [0.15, 0.2) is 71.3 Å². The molecule has 0 radical (unpaired) electrons. The molecule has 1 aromatic carbocycles. The molecule has 8 heteroatoms. The number of anilines is 1. The zero-order chi connectivity index (χ0) is 19.7. The van der Waals surface area contributed by atoms with Crippen LogP contribution in [0.1, 0.15) is 15.2 Å². The molecule has 0 bridgehead atoms. The lowest BCUT2D eigenvalue weighted by Crippen LogP contribution is -2.42. The number of benzene rings is 1. The van der Waals surface area contributed by atoms with Gasteiger partial charge in [0.15, 0.2) is 5.17 Å². The van der Waals surface area contributed by atoms with Crippen LogP contribution < -0.4 is 10.2 Å². The molecule has 0 saturated carbocycles. The van der Waals surface area contributed by atoms with Crippen LogP contribution in [0.4, 0.5) is 5.95 Å². The molecule has 2 aliphatic heterocycles. The lowest BCUT2D eigenvalue weighted by molar-refractivity contribution is 0.0977. The van der Waals surface area contributed by atoms with Crippen molar-refractivity contribution in [3.63, 3.8) is 0 Å². The van der Waals surface area contributed by atoms with Crippen molar-refractivity contribution in [2.45, 2.75) is 5.54 Å². The van der Waals surface area contributed by atoms with Gasteiger partial charge in [0.2, 0.25) is 5.95 Å². The maximum absolute atomic E-state index is 12.6. The van der Waals surface area contributed by atoms with Crippen LogP contribution >= 0.6 is 23.1 Å². The molecule has 146 valence electrons. The molecule has 1 N–H and O–H groups in total. The Morgan fingerprint density at radius 3 is 2.69 bits per heavy atom. The fourth-order valence-corrected chi connectivity index (χ4v) is 5.98. The second-order valence-corrected chi connectivity index (χ2v) is 9.03. The molecule has 4 heterocycles. The van der Waals surface area contributed by atoms with Crippen LogP contribution in [0.25, 0.3) is 0 Å². The molecular weight excluding hydrogens is 402 g/mol. The van der Waals surface area contributed by atoms with E-state index in [4.69, 9.17) is 4.99 Å². The van der Waals surface area contributed by atoms with E-state index in [1.165, 1.54) is 4.88 Å². The number of nitrogens with zero attached hydrogens (tertiary/aromatic N) is 4. The highest BCUT2D eigenvalue weighted by Crippen LogP contribution is 2.47. The molecule has 29 heavy (non-hydrogen) atoms. The summed E-state index contributed by atoms with van der Waals surface area (Å²) in [4.78, 5) is 30.1. The zero-order valence-electron chi connectivity index (χ0n) is 15.6. The third-order valence-electron chi connectivity index (χ3n) is 5.31. The van der Waals surface area contributed by atoms with Gasteiger partial charge in [-0.15, -0.1) is 11.3 Å². The molecule has 2 atom stereocenters. The SMILES string of the molecule is O=C(NC1=NC2(c3cccs3)CN(c3ncccn3)CC2CS1)c1ccccc1. The number of carbonyl (C=O) groups excluding carboxylic acids is 1. The van der Waals surface area contributed by atoms with Crippen molar-refractivity contribution in [3.05, 3.63) is 76.7 Å². The molecule has 1 saturated heterocycles. The summed E-state index contributed by atoms with van der Waals surface area (Å²) in [7, 11) is 0. The summed E-state index contributed by atoms with van der Waals surface area (Å²) in [5.41, 5.74) is 0.242. The third kappa shape index (κ3) is 3.42. The maximum atomic E-state index is 12.6. The fourth-order valence-electron chi connectivity index (χ4n) is 3.90. The number of aliphatic imine (C=N–C) groups is 1. The minimum Gasteiger partial charge on any atom is -0.338 e. The second kappa shape index (κ2) is 7.61. The number of thioether (sulfide) groups is 1. The Labute approximate surface area is 177 Å². The second-order valence-electron chi connectivity index (χ2n) is 7.08. The molecule has 6 nitrogen and oxygen atoms in total. The minimum absolute atomic E-state index is 0.127. The number of carbonyl (C=O) groups is 1. The Bertz CT molecular complexity index is 1030. The first-order valence-electron chi connectivity index (χ1n) is 9.40. The number of hydrogen-bond acceptors (Lipinski definition) is 7. The van der Waals surface area contributed by atoms with Crippen molar-refractivity contribution in [1.82, 2.24) is 15.3 Å². The molecule has 0 spiro atoms. The first-order chi connectivity index (χ1) is 14.2. The molecule has 2 aromatic heterocycles. The van der Waals surface area contributed by atoms with Gasteiger partial charge >= 0.3 is 0 Å². The van der Waals surface area contributed by atoms with Gasteiger partial charge in [-0.2, -0.15) is 0 Å². The van der Waals surface area contributed by atoms with E-state index in [9.17, 15) is 4.79 Å². The zero-order valence-corrected chi connectivity index (χ0v) is 17.2. The quantitative estimate of drug-likeness (QED) is 0.702. The molecule has 1 amide bonds. The van der Waals surface area contributed by atoms with Gasteiger partial charge in [0.25, 0.3) is 5.91 Å². The Morgan fingerprint density at radius 2 is 1.93 bits per heavy atom. The molecule has 2 unspecified atom stereocenters. The topological polar surface area (TPSA) is 70.5 Å². The average molecular weight is 422 g/mol. The van der Waals surface area contributed by atoms with E-state index in [1.807, 2.05) is 36.4 Å². The summed E-state index contributed by atoms with van der Waals surface area (Å²) in [6.07, 6.45) is 3.54. The van der Waals surface area contributed by atoms with Crippen LogP contribution in [0.3, 0.4) is 0 Å². The standard InChI is InChI=1S/C21H19N5OS2/c27-18(15-6-2-1-3-7-15)24-20-25-21(17-8-4-11-28-17)14-26(12-16(21)13-29-20)19-22-9-5-10-23-19/h1-11,16H,12-14H2,(H,24,25,27). The van der Waals surface area contributed by atoms with E-state index in [2.05, 4.69) is 37.7 Å². The third-order valence-corrected chi connectivity index (χ3v) is 7.38. The molecule has 3 aromatic rings. The van der Waals surface area contributed by atoms with E-state index < -0.39 is 5.54 Å². The number of thiophene rings is 1. The Hall–Kier alpha value is -2.71. The number of aromatic nitrogens is 2. The molecular formula is C21H19N5OS2. The summed E-state index contributed by atoms with van der Waals surface area (Å²) >= 11 is 3.33. The predicted octanol–water partition coefficient (Wildman–Crippen LogP) is 3.40. The summed E-state index contributed by atoms with van der Waals surface area (Å²) in [6, 6.07) is 15.3. The summed E-state index contributed by atoms with van der Waals surface area (Å²) < 4.78 is 0. The Balaban J connectivity index is 1.47. The Kier molecular flexibility index (Phi) is 4.81. The van der Waals surface area contributed by atoms with E-state index in [-0.39, 0.29) is 5.91 Å². The van der Waals surface area contributed by atoms with Gasteiger partial charge in [-0.05, 0) is 29.6 Å². The Morgan fingerprint density at radius 1 is 1.10 bits per heavy atom. The lowest BCUT2D eigenvalue weighted by Gasteiger charge is -2.34. The molecule has 5 rings (SSSR count). The van der Waals surface area contributed by atoms with Crippen molar-refractivity contribution in [2.75, 3.05) is 23.7 Å². The van der Waals surface area contributed by atoms with Crippen LogP contribution in [-0.2, 0) is 5.54 Å². The van der Waals surface area contributed by atoms with Crippen LogP contribution in [-0.4, -0.2) is 39.9 Å². The normalized spacial score (nSPS) is 23.4. The first kappa shape index (κ1) is 18.3. The highest BCUT2D eigenvalue weighted by molar-refractivity contribution is 8.13. The average Bonchev–Trinajstić information content (AvgIpc) is 3.43. The summed E-state index contributed by atoms with van der Waals surface area (Å²) in [6.45, 7) is 1.55. The fraction of sp³-hybridized carbons (Fsp3) is 0.238. The molecule has 2 aliphatic rings.